The summed E-state index contributed by atoms with van der Waals surface area (Å²) in [7, 11) is 1.67. The van der Waals surface area contributed by atoms with Crippen LogP contribution in [-0.4, -0.2) is 4.57 Å². The van der Waals surface area contributed by atoms with Crippen LogP contribution in [-0.2, 0) is 7.05 Å². The monoisotopic (exact) mass is 149 g/mol. The normalized spacial score (nSPS) is 9.75. The first kappa shape index (κ1) is 5.85. The van der Waals surface area contributed by atoms with Gasteiger partial charge in [0.25, 0.3) is 0 Å². The van der Waals surface area contributed by atoms with Crippen LogP contribution in [0.15, 0.2) is 11.0 Å². The van der Waals surface area contributed by atoms with Crippen molar-refractivity contribution in [3.8, 4) is 0 Å². The third-order valence-electron chi connectivity index (χ3n) is 0.768. The minimum Gasteiger partial charge on any atom is -0.307 e. The van der Waals surface area contributed by atoms with Crippen molar-refractivity contribution in [2.75, 3.05) is 0 Å². The second-order valence-electron chi connectivity index (χ2n) is 1.41. The SMILES string of the molecule is Cn1cc(Cl)sc1=O. The molecule has 1 heterocycles. The highest BCUT2D eigenvalue weighted by Gasteiger charge is 1.93. The highest BCUT2D eigenvalue weighted by Crippen LogP contribution is 2.08. The Morgan fingerprint density at radius 3 is 2.62 bits per heavy atom. The molecule has 0 aliphatic heterocycles. The Balaban J connectivity index is 3.35. The highest BCUT2D eigenvalue weighted by atomic mass is 35.5. The van der Waals surface area contributed by atoms with Crippen molar-refractivity contribution in [2.45, 2.75) is 0 Å². The number of aryl methyl sites for hydroxylation is 1. The Morgan fingerprint density at radius 1 is 1.88 bits per heavy atom. The third-order valence-corrected chi connectivity index (χ3v) is 1.86. The van der Waals surface area contributed by atoms with Crippen molar-refractivity contribution < 1.29 is 0 Å². The number of halogens is 1. The number of hydrogen-bond donors (Lipinski definition) is 0. The molecule has 0 saturated heterocycles. The molecule has 1 rings (SSSR count). The van der Waals surface area contributed by atoms with Crippen molar-refractivity contribution in [2.24, 2.45) is 7.05 Å². The second kappa shape index (κ2) is 1.91. The predicted octanol–water partition coefficient (Wildman–Crippen LogP) is 1.10. The quantitative estimate of drug-likeness (QED) is 0.542. The Hall–Kier alpha value is -0.280. The molecule has 2 nitrogen and oxygen atoms in total. The van der Waals surface area contributed by atoms with Crippen LogP contribution in [0.2, 0.25) is 4.34 Å². The molecule has 0 aliphatic carbocycles. The van der Waals surface area contributed by atoms with Gasteiger partial charge in [-0.05, 0) is 0 Å². The molecule has 0 amide bonds. The van der Waals surface area contributed by atoms with E-state index in [0.717, 1.165) is 11.3 Å². The molecule has 0 bridgehead atoms. The molecule has 1 aromatic heterocycles. The van der Waals surface area contributed by atoms with E-state index in [1.165, 1.54) is 4.57 Å². The van der Waals surface area contributed by atoms with E-state index in [4.69, 9.17) is 11.6 Å². The van der Waals surface area contributed by atoms with Gasteiger partial charge in [-0.1, -0.05) is 22.9 Å². The van der Waals surface area contributed by atoms with Gasteiger partial charge >= 0.3 is 4.87 Å². The van der Waals surface area contributed by atoms with Crippen molar-refractivity contribution in [3.63, 3.8) is 0 Å². The van der Waals surface area contributed by atoms with Gasteiger partial charge in [0.05, 0.1) is 0 Å². The topological polar surface area (TPSA) is 22.0 Å². The van der Waals surface area contributed by atoms with E-state index in [2.05, 4.69) is 0 Å². The molecular formula is C4H4ClNOS. The first-order valence-corrected chi connectivity index (χ1v) is 3.21. The molecule has 8 heavy (non-hydrogen) atoms. The van der Waals surface area contributed by atoms with Crippen molar-refractivity contribution in [1.29, 1.82) is 0 Å². The van der Waals surface area contributed by atoms with Gasteiger partial charge in [0.2, 0.25) is 0 Å². The molecule has 44 valence electrons. The van der Waals surface area contributed by atoms with Crippen LogP contribution in [0.1, 0.15) is 0 Å². The fourth-order valence-electron chi connectivity index (χ4n) is 0.387. The molecule has 0 spiro atoms. The molecule has 4 heteroatoms. The van der Waals surface area contributed by atoms with Crippen molar-refractivity contribution in [1.82, 2.24) is 4.57 Å². The highest BCUT2D eigenvalue weighted by molar-refractivity contribution is 7.13. The van der Waals surface area contributed by atoms with Crippen LogP contribution in [0.4, 0.5) is 0 Å². The minimum absolute atomic E-state index is 0.0185. The van der Waals surface area contributed by atoms with Gasteiger partial charge in [0.1, 0.15) is 4.34 Å². The summed E-state index contributed by atoms with van der Waals surface area (Å²) in [5.41, 5.74) is 0. The number of hydrogen-bond acceptors (Lipinski definition) is 2. The lowest BCUT2D eigenvalue weighted by Gasteiger charge is -1.77. The van der Waals surface area contributed by atoms with E-state index in [9.17, 15) is 4.79 Å². The van der Waals surface area contributed by atoms with Crippen molar-refractivity contribution >= 4 is 22.9 Å². The molecule has 1 aromatic rings. The summed E-state index contributed by atoms with van der Waals surface area (Å²) in [4.78, 5) is 10.5. The fourth-order valence-corrected chi connectivity index (χ4v) is 1.31. The summed E-state index contributed by atoms with van der Waals surface area (Å²) < 4.78 is 1.99. The lowest BCUT2D eigenvalue weighted by atomic mass is 10.9. The Morgan fingerprint density at radius 2 is 2.50 bits per heavy atom. The second-order valence-corrected chi connectivity index (χ2v) is 3.04. The molecule has 0 fully saturated rings. The summed E-state index contributed by atoms with van der Waals surface area (Å²) in [6.45, 7) is 0. The smallest absolute Gasteiger partial charge is 0.307 e. The van der Waals surface area contributed by atoms with Crippen molar-refractivity contribution in [3.05, 3.63) is 20.2 Å². The van der Waals surface area contributed by atoms with Crippen LogP contribution in [0, 0.1) is 0 Å². The molecule has 0 atom stereocenters. The van der Waals surface area contributed by atoms with Gasteiger partial charge in [0, 0.05) is 13.2 Å². The van der Waals surface area contributed by atoms with E-state index in [0.29, 0.717) is 4.34 Å². The van der Waals surface area contributed by atoms with Gasteiger partial charge in [-0.15, -0.1) is 0 Å². The molecule has 0 aromatic carbocycles. The summed E-state index contributed by atoms with van der Waals surface area (Å²) in [6.07, 6.45) is 1.59. The zero-order valence-corrected chi connectivity index (χ0v) is 5.79. The van der Waals surface area contributed by atoms with E-state index in [-0.39, 0.29) is 4.87 Å². The molecule has 0 saturated carbocycles. The van der Waals surface area contributed by atoms with Gasteiger partial charge in [-0.3, -0.25) is 4.79 Å². The Labute approximate surface area is 55.3 Å². The number of thiazole rings is 1. The number of aromatic nitrogens is 1. The summed E-state index contributed by atoms with van der Waals surface area (Å²) >= 11 is 6.51. The molecule has 0 radical (unpaired) electrons. The summed E-state index contributed by atoms with van der Waals surface area (Å²) in [5, 5.41) is 0. The maximum atomic E-state index is 10.5. The minimum atomic E-state index is -0.0185. The first-order chi connectivity index (χ1) is 3.70. The van der Waals surface area contributed by atoms with E-state index in [1.54, 1.807) is 13.2 Å². The lowest BCUT2D eigenvalue weighted by molar-refractivity contribution is 0.897. The molecular weight excluding hydrogens is 146 g/mol. The zero-order chi connectivity index (χ0) is 6.15. The van der Waals surface area contributed by atoms with Crippen LogP contribution >= 0.6 is 22.9 Å². The standard InChI is InChI=1S/C4H4ClNOS/c1-6-2-3(5)8-4(6)7/h2H,1H3. The summed E-state index contributed by atoms with van der Waals surface area (Å²) in [5.74, 6) is 0. The van der Waals surface area contributed by atoms with Gasteiger partial charge in [0.15, 0.2) is 0 Å². The zero-order valence-electron chi connectivity index (χ0n) is 4.22. The fraction of sp³-hybridized carbons (Fsp3) is 0.250. The average molecular weight is 150 g/mol. The van der Waals surface area contributed by atoms with Crippen LogP contribution < -0.4 is 4.87 Å². The van der Waals surface area contributed by atoms with Crippen LogP contribution in [0.3, 0.4) is 0 Å². The molecule has 0 N–H and O–H groups in total. The maximum Gasteiger partial charge on any atom is 0.308 e. The van der Waals surface area contributed by atoms with E-state index < -0.39 is 0 Å². The van der Waals surface area contributed by atoms with Gasteiger partial charge in [-0.2, -0.15) is 0 Å². The average Bonchev–Trinajstić information content (AvgIpc) is 1.85. The third kappa shape index (κ3) is 0.928. The Kier molecular flexibility index (Phi) is 1.40. The molecule has 0 aliphatic rings. The number of nitrogens with zero attached hydrogens (tertiary/aromatic N) is 1. The Bertz CT molecular complexity index is 238. The van der Waals surface area contributed by atoms with Gasteiger partial charge < -0.3 is 4.57 Å². The van der Waals surface area contributed by atoms with Crippen LogP contribution in [0.5, 0.6) is 0 Å². The molecule has 0 unspecified atom stereocenters. The maximum absolute atomic E-state index is 10.5. The van der Waals surface area contributed by atoms with Gasteiger partial charge in [-0.25, -0.2) is 0 Å². The lowest BCUT2D eigenvalue weighted by Crippen LogP contribution is -2.04. The predicted molar refractivity (Wildman–Crippen MR) is 34.6 cm³/mol. The largest absolute Gasteiger partial charge is 0.308 e. The first-order valence-electron chi connectivity index (χ1n) is 2.02. The number of rotatable bonds is 0. The summed E-state index contributed by atoms with van der Waals surface area (Å²) in [6, 6.07) is 0. The van der Waals surface area contributed by atoms with E-state index in [1.807, 2.05) is 0 Å². The van der Waals surface area contributed by atoms with Crippen LogP contribution in [0.25, 0.3) is 0 Å². The van der Waals surface area contributed by atoms with E-state index >= 15 is 0 Å².